The minimum atomic E-state index is -1.51. The summed E-state index contributed by atoms with van der Waals surface area (Å²) >= 11 is 1.94. The molecule has 0 nitrogen and oxygen atoms in total. The molecule has 4 aromatic carbocycles. The van der Waals surface area contributed by atoms with Crippen molar-refractivity contribution in [1.29, 1.82) is 0 Å². The third kappa shape index (κ3) is 2.59. The summed E-state index contributed by atoms with van der Waals surface area (Å²) in [6, 6.07) is 37.8. The molecule has 1 heterocycles. The largest absolute Gasteiger partial charge is 0.135 e. The number of rotatable bonds is 3. The van der Waals surface area contributed by atoms with Gasteiger partial charge >= 0.3 is 0 Å². The molecular weight excluding hydrogens is 348 g/mol. The first kappa shape index (κ1) is 15.6. The van der Waals surface area contributed by atoms with E-state index in [1.165, 1.54) is 35.7 Å². The molecule has 26 heavy (non-hydrogen) atoms. The lowest BCUT2D eigenvalue weighted by Crippen LogP contribution is -2.52. The molecule has 0 aliphatic carbocycles. The molecule has 5 rings (SSSR count). The Morgan fingerprint density at radius 2 is 1.08 bits per heavy atom. The third-order valence-corrected chi connectivity index (χ3v) is 9.66. The Hall–Kier alpha value is -2.68. The highest BCUT2D eigenvalue weighted by atomic mass is 32.1. The van der Waals surface area contributed by atoms with Crippen molar-refractivity contribution in [1.82, 2.24) is 0 Å². The number of thiophene rings is 1. The van der Waals surface area contributed by atoms with E-state index in [4.69, 9.17) is 0 Å². The molecule has 1 aromatic heterocycles. The average Bonchev–Trinajstić information content (AvgIpc) is 3.10. The van der Waals surface area contributed by atoms with Crippen LogP contribution in [0, 0.1) is 0 Å². The second-order valence-electron chi connectivity index (χ2n) is 6.58. The van der Waals surface area contributed by atoms with Gasteiger partial charge in [-0.05, 0) is 11.3 Å². The van der Waals surface area contributed by atoms with Gasteiger partial charge in [-0.15, -0.1) is 11.3 Å². The van der Waals surface area contributed by atoms with Gasteiger partial charge in [-0.2, -0.15) is 0 Å². The molecule has 0 amide bonds. The van der Waals surface area contributed by atoms with Crippen molar-refractivity contribution in [2.75, 3.05) is 0 Å². The van der Waals surface area contributed by atoms with Gasteiger partial charge in [-0.1, -0.05) is 107 Å². The highest BCUT2D eigenvalue weighted by Gasteiger charge is 2.22. The van der Waals surface area contributed by atoms with Crippen molar-refractivity contribution in [3.63, 3.8) is 0 Å². The molecule has 0 saturated carbocycles. The monoisotopic (exact) mass is 366 g/mol. The van der Waals surface area contributed by atoms with Gasteiger partial charge in [-0.25, -0.2) is 0 Å². The number of benzene rings is 4. The fraction of sp³-hybridized carbons (Fsp3) is 0. The van der Waals surface area contributed by atoms with Crippen LogP contribution in [0.1, 0.15) is 0 Å². The van der Waals surface area contributed by atoms with Crippen LogP contribution in [0.4, 0.5) is 0 Å². The lowest BCUT2D eigenvalue weighted by atomic mass is 10.1. The van der Waals surface area contributed by atoms with E-state index >= 15 is 0 Å². The highest BCUT2D eigenvalue weighted by molar-refractivity contribution is 7.27. The normalized spacial score (nSPS) is 11.4. The fourth-order valence-corrected chi connectivity index (χ4v) is 8.54. The Morgan fingerprint density at radius 3 is 1.77 bits per heavy atom. The standard InChI is InChI=1S/C24H18SSi/c1-3-10-18(11-4-1)26(19-12-5-2-6-13-19)23-17-9-15-21-20-14-7-8-16-22(20)25-24(21)23/h1-17,26H. The smallest absolute Gasteiger partial charge is 0.134 e. The van der Waals surface area contributed by atoms with Crippen LogP contribution < -0.4 is 15.6 Å². The third-order valence-electron chi connectivity index (χ3n) is 5.01. The SMILES string of the molecule is c1ccc([SiH](c2ccccc2)c2cccc3c2sc2ccccc23)cc1. The first-order valence-electron chi connectivity index (χ1n) is 8.92. The predicted molar refractivity (Wildman–Crippen MR) is 118 cm³/mol. The first-order chi connectivity index (χ1) is 12.9. The van der Waals surface area contributed by atoms with Gasteiger partial charge < -0.3 is 0 Å². The molecule has 0 aliphatic rings. The lowest BCUT2D eigenvalue weighted by molar-refractivity contribution is 1.73. The van der Waals surface area contributed by atoms with Crippen LogP contribution in [-0.4, -0.2) is 8.80 Å². The van der Waals surface area contributed by atoms with Gasteiger partial charge in [0.1, 0.15) is 8.80 Å². The molecule has 0 radical (unpaired) electrons. The quantitative estimate of drug-likeness (QED) is 0.330. The zero-order chi connectivity index (χ0) is 17.3. The van der Waals surface area contributed by atoms with Gasteiger partial charge in [0.15, 0.2) is 0 Å². The van der Waals surface area contributed by atoms with E-state index in [1.54, 1.807) is 0 Å². The van der Waals surface area contributed by atoms with E-state index in [1.807, 2.05) is 11.3 Å². The summed E-state index contributed by atoms with van der Waals surface area (Å²) in [4.78, 5) is 0. The molecule has 2 heteroatoms. The molecule has 5 aromatic rings. The summed E-state index contributed by atoms with van der Waals surface area (Å²) in [7, 11) is -1.51. The Kier molecular flexibility index (Phi) is 3.93. The molecule has 0 saturated heterocycles. The maximum atomic E-state index is 2.36. The van der Waals surface area contributed by atoms with Crippen molar-refractivity contribution >= 4 is 55.9 Å². The average molecular weight is 367 g/mol. The minimum absolute atomic E-state index is 1.38. The van der Waals surface area contributed by atoms with Gasteiger partial charge in [0.05, 0.1) is 0 Å². The number of hydrogen-bond acceptors (Lipinski definition) is 1. The van der Waals surface area contributed by atoms with E-state index in [0.29, 0.717) is 0 Å². The molecule has 0 aliphatic heterocycles. The maximum absolute atomic E-state index is 2.36. The second-order valence-corrected chi connectivity index (χ2v) is 10.5. The Bertz CT molecular complexity index is 1140. The van der Waals surface area contributed by atoms with Crippen LogP contribution in [-0.2, 0) is 0 Å². The molecule has 0 unspecified atom stereocenters. The van der Waals surface area contributed by atoms with Crippen LogP contribution in [0.2, 0.25) is 0 Å². The minimum Gasteiger partial charge on any atom is -0.135 e. The molecule has 0 spiro atoms. The van der Waals surface area contributed by atoms with E-state index in [-0.39, 0.29) is 0 Å². The zero-order valence-corrected chi connectivity index (χ0v) is 16.3. The van der Waals surface area contributed by atoms with E-state index in [2.05, 4.69) is 103 Å². The zero-order valence-electron chi connectivity index (χ0n) is 14.3. The summed E-state index contributed by atoms with van der Waals surface area (Å²) < 4.78 is 2.84. The van der Waals surface area contributed by atoms with Crippen LogP contribution in [0.15, 0.2) is 103 Å². The summed E-state index contributed by atoms with van der Waals surface area (Å²) in [5, 5.41) is 7.25. The van der Waals surface area contributed by atoms with Gasteiger partial charge in [0, 0.05) is 20.2 Å². The van der Waals surface area contributed by atoms with Crippen molar-refractivity contribution in [3.05, 3.63) is 103 Å². The van der Waals surface area contributed by atoms with Crippen molar-refractivity contribution in [2.45, 2.75) is 0 Å². The van der Waals surface area contributed by atoms with Crippen molar-refractivity contribution in [2.24, 2.45) is 0 Å². The summed E-state index contributed by atoms with van der Waals surface area (Å²) in [5.74, 6) is 0. The molecular formula is C24H18SSi. The molecule has 0 atom stereocenters. The van der Waals surface area contributed by atoms with Gasteiger partial charge in [-0.3, -0.25) is 0 Å². The summed E-state index contributed by atoms with van der Waals surface area (Å²) in [6.07, 6.45) is 0. The van der Waals surface area contributed by atoms with Crippen LogP contribution in [0.5, 0.6) is 0 Å². The molecule has 0 N–H and O–H groups in total. The first-order valence-corrected chi connectivity index (χ1v) is 11.5. The molecule has 124 valence electrons. The fourth-order valence-electron chi connectivity index (χ4n) is 3.84. The Morgan fingerprint density at radius 1 is 0.500 bits per heavy atom. The van der Waals surface area contributed by atoms with Crippen molar-refractivity contribution < 1.29 is 0 Å². The second kappa shape index (κ2) is 6.56. The van der Waals surface area contributed by atoms with E-state index in [9.17, 15) is 0 Å². The predicted octanol–water partition coefficient (Wildman–Crippen LogP) is 4.30. The Balaban J connectivity index is 1.82. The molecule has 0 bridgehead atoms. The van der Waals surface area contributed by atoms with Crippen LogP contribution in [0.25, 0.3) is 20.2 Å². The topological polar surface area (TPSA) is 0 Å². The highest BCUT2D eigenvalue weighted by Crippen LogP contribution is 2.32. The summed E-state index contributed by atoms with van der Waals surface area (Å²) in [5.41, 5.74) is 0. The van der Waals surface area contributed by atoms with Crippen molar-refractivity contribution in [3.8, 4) is 0 Å². The summed E-state index contributed by atoms with van der Waals surface area (Å²) in [6.45, 7) is 0. The number of hydrogen-bond donors (Lipinski definition) is 0. The van der Waals surface area contributed by atoms with Crippen LogP contribution in [0.3, 0.4) is 0 Å². The van der Waals surface area contributed by atoms with Gasteiger partial charge in [0.2, 0.25) is 0 Å². The maximum Gasteiger partial charge on any atom is 0.134 e. The Labute approximate surface area is 159 Å². The van der Waals surface area contributed by atoms with Crippen LogP contribution >= 0.6 is 11.3 Å². The number of fused-ring (bicyclic) bond motifs is 3. The lowest BCUT2D eigenvalue weighted by Gasteiger charge is -2.18. The van der Waals surface area contributed by atoms with E-state index < -0.39 is 8.80 Å². The van der Waals surface area contributed by atoms with Gasteiger partial charge in [0.25, 0.3) is 0 Å². The molecule has 0 fully saturated rings. The van der Waals surface area contributed by atoms with E-state index in [0.717, 1.165) is 0 Å².